The molecule has 3 aromatic rings. The average Bonchev–Trinajstić information content (AvgIpc) is 2.99. The van der Waals surface area contributed by atoms with Gasteiger partial charge in [-0.1, -0.05) is 50.2 Å². The van der Waals surface area contributed by atoms with Crippen molar-refractivity contribution < 1.29 is 4.79 Å². The van der Waals surface area contributed by atoms with E-state index < -0.39 is 0 Å². The Morgan fingerprint density at radius 1 is 1.12 bits per heavy atom. The van der Waals surface area contributed by atoms with Crippen molar-refractivity contribution in [2.75, 3.05) is 0 Å². The van der Waals surface area contributed by atoms with Gasteiger partial charge in [-0.15, -0.1) is 0 Å². The zero-order chi connectivity index (χ0) is 17.1. The maximum Gasteiger partial charge on any atom is 0.153 e. The number of hydrogen-bond donors (Lipinski definition) is 0. The first-order chi connectivity index (χ1) is 11.6. The summed E-state index contributed by atoms with van der Waals surface area (Å²) in [4.78, 5) is 11.5. The molecule has 1 heterocycles. The second-order valence-corrected chi connectivity index (χ2v) is 6.63. The van der Waals surface area contributed by atoms with Crippen molar-refractivity contribution in [3.05, 3.63) is 71.4 Å². The van der Waals surface area contributed by atoms with E-state index in [1.807, 2.05) is 37.3 Å². The minimum absolute atomic E-state index is 0.605. The van der Waals surface area contributed by atoms with Crippen LogP contribution in [0.2, 0.25) is 0 Å². The average molecular weight is 318 g/mol. The number of aldehydes is 1. The third-order valence-corrected chi connectivity index (χ3v) is 4.01. The molecule has 3 nitrogen and oxygen atoms in total. The minimum Gasteiger partial charge on any atom is -0.298 e. The Kier molecular flexibility index (Phi) is 4.61. The molecular formula is C21H22N2O. The Bertz CT molecular complexity index is 845. The zero-order valence-electron chi connectivity index (χ0n) is 14.4. The molecule has 122 valence electrons. The van der Waals surface area contributed by atoms with E-state index >= 15 is 0 Å². The normalized spacial score (nSPS) is 11.0. The van der Waals surface area contributed by atoms with Gasteiger partial charge in [-0.3, -0.25) is 4.79 Å². The predicted octanol–water partition coefficient (Wildman–Crippen LogP) is 4.86. The van der Waals surface area contributed by atoms with Crippen molar-refractivity contribution in [1.82, 2.24) is 9.78 Å². The summed E-state index contributed by atoms with van der Waals surface area (Å²) in [5.74, 6) is 0.627. The summed E-state index contributed by atoms with van der Waals surface area (Å²) in [7, 11) is 0. The fourth-order valence-corrected chi connectivity index (χ4v) is 2.87. The Hall–Kier alpha value is -2.68. The number of benzene rings is 2. The monoisotopic (exact) mass is 318 g/mol. The van der Waals surface area contributed by atoms with Gasteiger partial charge in [0.25, 0.3) is 0 Å². The van der Waals surface area contributed by atoms with Gasteiger partial charge in [-0.05, 0) is 42.5 Å². The number of aryl methyl sites for hydroxylation is 1. The van der Waals surface area contributed by atoms with Crippen LogP contribution in [-0.2, 0) is 6.42 Å². The van der Waals surface area contributed by atoms with Crippen molar-refractivity contribution in [1.29, 1.82) is 0 Å². The molecular weight excluding hydrogens is 296 g/mol. The van der Waals surface area contributed by atoms with Gasteiger partial charge in [0.2, 0.25) is 0 Å². The van der Waals surface area contributed by atoms with Crippen molar-refractivity contribution in [2.24, 2.45) is 5.92 Å². The van der Waals surface area contributed by atoms with E-state index in [1.165, 1.54) is 5.56 Å². The van der Waals surface area contributed by atoms with Gasteiger partial charge in [0.15, 0.2) is 6.29 Å². The number of nitrogens with zero attached hydrogens (tertiary/aromatic N) is 2. The molecule has 0 spiro atoms. The van der Waals surface area contributed by atoms with Gasteiger partial charge >= 0.3 is 0 Å². The Balaban J connectivity index is 1.97. The van der Waals surface area contributed by atoms with Crippen LogP contribution >= 0.6 is 0 Å². The largest absolute Gasteiger partial charge is 0.298 e. The lowest BCUT2D eigenvalue weighted by Crippen LogP contribution is -1.95. The molecule has 24 heavy (non-hydrogen) atoms. The van der Waals surface area contributed by atoms with Gasteiger partial charge in [0.1, 0.15) is 5.69 Å². The van der Waals surface area contributed by atoms with E-state index in [2.05, 4.69) is 37.1 Å². The summed E-state index contributed by atoms with van der Waals surface area (Å²) in [6.07, 6.45) is 3.72. The van der Waals surface area contributed by atoms with Gasteiger partial charge < -0.3 is 0 Å². The third kappa shape index (κ3) is 3.46. The van der Waals surface area contributed by atoms with Crippen LogP contribution < -0.4 is 0 Å². The van der Waals surface area contributed by atoms with Crippen LogP contribution in [0.25, 0.3) is 16.9 Å². The van der Waals surface area contributed by atoms with E-state index in [0.717, 1.165) is 35.2 Å². The molecule has 3 heteroatoms. The fraction of sp³-hybridized carbons (Fsp3) is 0.238. The molecule has 0 N–H and O–H groups in total. The number of aromatic nitrogens is 2. The lowest BCUT2D eigenvalue weighted by atomic mass is 10.0. The lowest BCUT2D eigenvalue weighted by Gasteiger charge is -2.06. The molecule has 0 aliphatic heterocycles. The smallest absolute Gasteiger partial charge is 0.153 e. The summed E-state index contributed by atoms with van der Waals surface area (Å²) in [6, 6.07) is 16.4. The van der Waals surface area contributed by atoms with Crippen molar-refractivity contribution in [2.45, 2.75) is 27.2 Å². The van der Waals surface area contributed by atoms with E-state index in [1.54, 1.807) is 10.9 Å². The number of carbonyl (C=O) groups is 1. The molecule has 3 rings (SSSR count). The maximum absolute atomic E-state index is 11.5. The lowest BCUT2D eigenvalue weighted by molar-refractivity contribution is 0.112. The molecule has 0 aliphatic rings. The van der Waals surface area contributed by atoms with Crippen LogP contribution in [0.4, 0.5) is 0 Å². The molecule has 0 unspecified atom stereocenters. The predicted molar refractivity (Wildman–Crippen MR) is 97.7 cm³/mol. The van der Waals surface area contributed by atoms with Crippen LogP contribution in [-0.4, -0.2) is 16.1 Å². The molecule has 0 atom stereocenters. The first kappa shape index (κ1) is 16.2. The van der Waals surface area contributed by atoms with Crippen LogP contribution in [0.15, 0.2) is 54.7 Å². The molecule has 2 aromatic carbocycles. The summed E-state index contributed by atoms with van der Waals surface area (Å²) >= 11 is 0. The summed E-state index contributed by atoms with van der Waals surface area (Å²) < 4.78 is 1.77. The van der Waals surface area contributed by atoms with Crippen LogP contribution in [0.3, 0.4) is 0 Å². The molecule has 0 bridgehead atoms. The minimum atomic E-state index is 0.605. The Morgan fingerprint density at radius 2 is 1.88 bits per heavy atom. The highest BCUT2D eigenvalue weighted by Gasteiger charge is 2.12. The summed E-state index contributed by atoms with van der Waals surface area (Å²) in [5.41, 5.74) is 5.72. The van der Waals surface area contributed by atoms with E-state index in [-0.39, 0.29) is 0 Å². The molecule has 0 radical (unpaired) electrons. The second-order valence-electron chi connectivity index (χ2n) is 6.63. The van der Waals surface area contributed by atoms with Crippen LogP contribution in [0.5, 0.6) is 0 Å². The SMILES string of the molecule is Cc1cccc(-n2cc(C=O)c(-c3ccc(CC(C)C)cc3)n2)c1. The molecule has 0 aliphatic carbocycles. The standard InChI is InChI=1S/C21H22N2O/c1-15(2)11-17-7-9-18(10-8-17)21-19(14-24)13-23(22-21)20-6-4-5-16(3)12-20/h4-10,12-15H,11H2,1-3H3. The fourth-order valence-electron chi connectivity index (χ4n) is 2.87. The highest BCUT2D eigenvalue weighted by molar-refractivity contribution is 5.85. The molecule has 0 amide bonds. The summed E-state index contributed by atoms with van der Waals surface area (Å²) in [6.45, 7) is 6.46. The first-order valence-corrected chi connectivity index (χ1v) is 8.28. The first-order valence-electron chi connectivity index (χ1n) is 8.28. The molecule has 0 fully saturated rings. The van der Waals surface area contributed by atoms with Crippen molar-refractivity contribution in [3.8, 4) is 16.9 Å². The zero-order valence-corrected chi connectivity index (χ0v) is 14.4. The third-order valence-electron chi connectivity index (χ3n) is 4.01. The van der Waals surface area contributed by atoms with Gasteiger partial charge in [0, 0.05) is 11.8 Å². The summed E-state index contributed by atoms with van der Waals surface area (Å²) in [5, 5.41) is 4.64. The number of hydrogen-bond acceptors (Lipinski definition) is 2. The van der Waals surface area contributed by atoms with Crippen LogP contribution in [0.1, 0.15) is 35.3 Å². The second kappa shape index (κ2) is 6.83. The molecule has 1 aromatic heterocycles. The van der Waals surface area contributed by atoms with Crippen molar-refractivity contribution >= 4 is 6.29 Å². The highest BCUT2D eigenvalue weighted by Crippen LogP contribution is 2.24. The van der Waals surface area contributed by atoms with Crippen molar-refractivity contribution in [3.63, 3.8) is 0 Å². The number of rotatable bonds is 5. The number of carbonyl (C=O) groups excluding carboxylic acids is 1. The molecule has 0 saturated carbocycles. The quantitative estimate of drug-likeness (QED) is 0.630. The maximum atomic E-state index is 11.5. The van der Waals surface area contributed by atoms with E-state index in [0.29, 0.717) is 11.5 Å². The topological polar surface area (TPSA) is 34.9 Å². The van der Waals surface area contributed by atoms with Gasteiger partial charge in [0.05, 0.1) is 11.3 Å². The Labute approximate surface area is 143 Å². The highest BCUT2D eigenvalue weighted by atomic mass is 16.1. The van der Waals surface area contributed by atoms with Gasteiger partial charge in [-0.2, -0.15) is 5.10 Å². The molecule has 0 saturated heterocycles. The van der Waals surface area contributed by atoms with E-state index in [4.69, 9.17) is 0 Å². The van der Waals surface area contributed by atoms with Gasteiger partial charge in [-0.25, -0.2) is 4.68 Å². The van der Waals surface area contributed by atoms with E-state index in [9.17, 15) is 4.79 Å². The Morgan fingerprint density at radius 3 is 2.50 bits per heavy atom. The van der Waals surface area contributed by atoms with Crippen LogP contribution in [0, 0.1) is 12.8 Å².